The minimum atomic E-state index is 0.186. The second-order valence-electron chi connectivity index (χ2n) is 5.95. The summed E-state index contributed by atoms with van der Waals surface area (Å²) in [5.74, 6) is 0.395. The second kappa shape index (κ2) is 4.85. The maximum absolute atomic E-state index is 10.1. The summed E-state index contributed by atoms with van der Waals surface area (Å²) in [6.07, 6.45) is 0.883. The van der Waals surface area contributed by atoms with Gasteiger partial charge in [-0.2, -0.15) is 0 Å². The van der Waals surface area contributed by atoms with Crippen LogP contribution in [0.3, 0.4) is 0 Å². The van der Waals surface area contributed by atoms with Gasteiger partial charge in [0.15, 0.2) is 0 Å². The molecule has 0 aliphatic carbocycles. The van der Waals surface area contributed by atoms with E-state index in [1.165, 1.54) is 0 Å². The van der Waals surface area contributed by atoms with Crippen molar-refractivity contribution in [2.24, 2.45) is 5.41 Å². The minimum absolute atomic E-state index is 0.186. The maximum atomic E-state index is 10.1. The van der Waals surface area contributed by atoms with Crippen molar-refractivity contribution in [1.29, 1.82) is 0 Å². The molecule has 0 aromatic heterocycles. The molecule has 1 nitrogen and oxygen atoms in total. The summed E-state index contributed by atoms with van der Waals surface area (Å²) in [5.41, 5.74) is 3.40. The summed E-state index contributed by atoms with van der Waals surface area (Å²) in [4.78, 5) is 0. The van der Waals surface area contributed by atoms with E-state index in [1.807, 2.05) is 30.3 Å². The molecular formula is C17H20O. The van der Waals surface area contributed by atoms with Gasteiger partial charge in [0.2, 0.25) is 0 Å². The zero-order chi connectivity index (χ0) is 13.2. The smallest absolute Gasteiger partial charge is 0.119 e. The topological polar surface area (TPSA) is 20.2 Å². The largest absolute Gasteiger partial charge is 0.508 e. The fraction of sp³-hybridized carbons (Fsp3) is 0.294. The zero-order valence-corrected chi connectivity index (χ0v) is 11.3. The van der Waals surface area contributed by atoms with Crippen LogP contribution in [0.4, 0.5) is 0 Å². The van der Waals surface area contributed by atoms with Gasteiger partial charge in [-0.1, -0.05) is 63.2 Å². The molecule has 0 unspecified atom stereocenters. The normalized spacial score (nSPS) is 11.5. The van der Waals surface area contributed by atoms with E-state index >= 15 is 0 Å². The van der Waals surface area contributed by atoms with Crippen molar-refractivity contribution >= 4 is 0 Å². The van der Waals surface area contributed by atoms with Crippen LogP contribution in [0, 0.1) is 5.41 Å². The highest BCUT2D eigenvalue weighted by Crippen LogP contribution is 2.30. The lowest BCUT2D eigenvalue weighted by Crippen LogP contribution is -2.09. The molecule has 2 aromatic carbocycles. The first kappa shape index (κ1) is 12.7. The van der Waals surface area contributed by atoms with E-state index in [4.69, 9.17) is 0 Å². The minimum Gasteiger partial charge on any atom is -0.508 e. The van der Waals surface area contributed by atoms with Crippen LogP contribution in [0.1, 0.15) is 26.3 Å². The highest BCUT2D eigenvalue weighted by molar-refractivity contribution is 5.65. The summed E-state index contributed by atoms with van der Waals surface area (Å²) in [6, 6.07) is 16.1. The lowest BCUT2D eigenvalue weighted by Gasteiger charge is -2.19. The van der Waals surface area contributed by atoms with Crippen LogP contribution in [0.25, 0.3) is 11.1 Å². The highest BCUT2D eigenvalue weighted by atomic mass is 16.3. The van der Waals surface area contributed by atoms with Gasteiger partial charge in [-0.05, 0) is 34.6 Å². The molecular weight excluding hydrogens is 220 g/mol. The van der Waals surface area contributed by atoms with Crippen molar-refractivity contribution in [3.8, 4) is 16.9 Å². The van der Waals surface area contributed by atoms with E-state index in [1.54, 1.807) is 0 Å². The first-order chi connectivity index (χ1) is 8.46. The molecule has 0 spiro atoms. The maximum Gasteiger partial charge on any atom is 0.119 e. The first-order valence-electron chi connectivity index (χ1n) is 6.33. The Morgan fingerprint density at radius 3 is 2.11 bits per heavy atom. The molecule has 0 fully saturated rings. The van der Waals surface area contributed by atoms with Crippen LogP contribution in [-0.4, -0.2) is 5.11 Å². The zero-order valence-electron chi connectivity index (χ0n) is 11.3. The van der Waals surface area contributed by atoms with Gasteiger partial charge >= 0.3 is 0 Å². The van der Waals surface area contributed by atoms with Gasteiger partial charge in [0.05, 0.1) is 0 Å². The van der Waals surface area contributed by atoms with Gasteiger partial charge in [-0.25, -0.2) is 0 Å². The molecule has 2 rings (SSSR count). The van der Waals surface area contributed by atoms with E-state index < -0.39 is 0 Å². The van der Waals surface area contributed by atoms with E-state index in [0.717, 1.165) is 23.1 Å². The number of hydrogen-bond acceptors (Lipinski definition) is 1. The lowest BCUT2D eigenvalue weighted by atomic mass is 9.87. The second-order valence-corrected chi connectivity index (χ2v) is 5.95. The van der Waals surface area contributed by atoms with Crippen LogP contribution in [0.15, 0.2) is 48.5 Å². The molecule has 0 amide bonds. The Bertz CT molecular complexity index is 521. The molecule has 1 heteroatoms. The molecule has 0 aliphatic heterocycles. The van der Waals surface area contributed by atoms with Crippen molar-refractivity contribution in [3.63, 3.8) is 0 Å². The number of aromatic hydroxyl groups is 1. The molecule has 0 saturated heterocycles. The standard InChI is InChI=1S/C17H20O/c1-17(2,3)12-15-10-9-14(11-16(15)18)13-7-5-4-6-8-13/h4-11,18H,12H2,1-3H3. The van der Waals surface area contributed by atoms with Crippen molar-refractivity contribution in [2.45, 2.75) is 27.2 Å². The predicted octanol–water partition coefficient (Wildman–Crippen LogP) is 4.65. The highest BCUT2D eigenvalue weighted by Gasteiger charge is 2.14. The van der Waals surface area contributed by atoms with Crippen molar-refractivity contribution in [2.75, 3.05) is 0 Å². The molecule has 94 valence electrons. The van der Waals surface area contributed by atoms with E-state index in [2.05, 4.69) is 39.0 Å². The molecule has 0 aliphatic rings. The molecule has 0 saturated carbocycles. The Kier molecular flexibility index (Phi) is 3.42. The fourth-order valence-corrected chi connectivity index (χ4v) is 2.09. The van der Waals surface area contributed by atoms with Crippen molar-refractivity contribution in [1.82, 2.24) is 0 Å². The Balaban J connectivity index is 2.31. The summed E-state index contributed by atoms with van der Waals surface area (Å²) >= 11 is 0. The van der Waals surface area contributed by atoms with E-state index in [9.17, 15) is 5.11 Å². The Morgan fingerprint density at radius 2 is 1.56 bits per heavy atom. The number of rotatable bonds is 2. The van der Waals surface area contributed by atoms with Crippen molar-refractivity contribution in [3.05, 3.63) is 54.1 Å². The van der Waals surface area contributed by atoms with Gasteiger partial charge in [0, 0.05) is 0 Å². The summed E-state index contributed by atoms with van der Waals surface area (Å²) in [6.45, 7) is 6.53. The fourth-order valence-electron chi connectivity index (χ4n) is 2.09. The third kappa shape index (κ3) is 3.13. The van der Waals surface area contributed by atoms with Crippen LogP contribution < -0.4 is 0 Å². The third-order valence-corrected chi connectivity index (χ3v) is 2.91. The van der Waals surface area contributed by atoms with E-state index in [-0.39, 0.29) is 5.41 Å². The van der Waals surface area contributed by atoms with Crippen LogP contribution in [-0.2, 0) is 6.42 Å². The Morgan fingerprint density at radius 1 is 0.889 bits per heavy atom. The van der Waals surface area contributed by atoms with Crippen LogP contribution in [0.2, 0.25) is 0 Å². The van der Waals surface area contributed by atoms with Crippen LogP contribution in [0.5, 0.6) is 5.75 Å². The molecule has 18 heavy (non-hydrogen) atoms. The monoisotopic (exact) mass is 240 g/mol. The van der Waals surface area contributed by atoms with Gasteiger partial charge in [-0.3, -0.25) is 0 Å². The Labute approximate surface area is 109 Å². The van der Waals surface area contributed by atoms with E-state index in [0.29, 0.717) is 5.75 Å². The van der Waals surface area contributed by atoms with Gasteiger partial charge in [0.25, 0.3) is 0 Å². The SMILES string of the molecule is CC(C)(C)Cc1ccc(-c2ccccc2)cc1O. The number of phenols is 1. The number of hydrogen-bond donors (Lipinski definition) is 1. The third-order valence-electron chi connectivity index (χ3n) is 2.91. The molecule has 1 N–H and O–H groups in total. The lowest BCUT2D eigenvalue weighted by molar-refractivity contribution is 0.395. The number of benzene rings is 2. The van der Waals surface area contributed by atoms with Crippen LogP contribution >= 0.6 is 0 Å². The average molecular weight is 240 g/mol. The summed E-state index contributed by atoms with van der Waals surface area (Å²) in [7, 11) is 0. The molecule has 0 atom stereocenters. The first-order valence-corrected chi connectivity index (χ1v) is 6.33. The van der Waals surface area contributed by atoms with Gasteiger partial charge < -0.3 is 5.11 Å². The molecule has 0 radical (unpaired) electrons. The molecule has 0 bridgehead atoms. The van der Waals surface area contributed by atoms with Gasteiger partial charge in [0.1, 0.15) is 5.75 Å². The Hall–Kier alpha value is -1.76. The summed E-state index contributed by atoms with van der Waals surface area (Å²) < 4.78 is 0. The predicted molar refractivity (Wildman–Crippen MR) is 76.7 cm³/mol. The number of phenolic OH excluding ortho intramolecular Hbond substituents is 1. The van der Waals surface area contributed by atoms with Gasteiger partial charge in [-0.15, -0.1) is 0 Å². The molecule has 2 aromatic rings. The van der Waals surface area contributed by atoms with Crippen molar-refractivity contribution < 1.29 is 5.11 Å². The summed E-state index contributed by atoms with van der Waals surface area (Å²) in [5, 5.41) is 10.1. The average Bonchev–Trinajstić information content (AvgIpc) is 2.31. The quantitative estimate of drug-likeness (QED) is 0.810. The molecule has 0 heterocycles.